The van der Waals surface area contributed by atoms with Crippen LogP contribution >= 0.6 is 46.4 Å². The van der Waals surface area contributed by atoms with Crippen LogP contribution in [-0.4, -0.2) is 33.1 Å². The van der Waals surface area contributed by atoms with Crippen LogP contribution in [0.2, 0.25) is 20.1 Å². The number of para-hydroxylation sites is 2. The minimum absolute atomic E-state index is 0.0123. The molecule has 18 rings (SSSR count). The molecule has 4 aliphatic heterocycles. The van der Waals surface area contributed by atoms with Gasteiger partial charge in [-0.25, -0.2) is 0 Å². The summed E-state index contributed by atoms with van der Waals surface area (Å²) in [4.78, 5) is 31.0. The molecule has 0 saturated heterocycles. The Morgan fingerprint density at radius 1 is 0.318 bits per heavy atom. The molecule has 4 unspecified atom stereocenters. The van der Waals surface area contributed by atoms with E-state index in [9.17, 15) is 9.59 Å². The van der Waals surface area contributed by atoms with Crippen LogP contribution in [0, 0.1) is 0 Å². The molecule has 0 aliphatic carbocycles. The quantitative estimate of drug-likeness (QED) is 0.149. The van der Waals surface area contributed by atoms with E-state index in [-0.39, 0.29) is 35.5 Å². The number of carbonyl (C=O) groups is 2. The normalized spacial score (nSPS) is 15.3. The summed E-state index contributed by atoms with van der Waals surface area (Å²) in [6.45, 7) is 2.53. The van der Waals surface area contributed by atoms with Crippen LogP contribution in [0.4, 0.5) is 22.7 Å². The van der Waals surface area contributed by atoms with Crippen molar-refractivity contribution in [1.82, 2.24) is 0 Å². The SMILES string of the molecule is COc1ccc2c(c1)CNc1ccc(Cl)cc1C2c1ccccc1Cl.COc1cccc(C(=O)N2Cc3ccccc3C(c3ccccc3)c3ccccc32)c1.COc1cccc2c1C(c1ccccc1Cl)c1cc(Cl)ccc1NC2.O=C(c1ccccc1)N1Cc2ccccc2C(c2ccccc2)c2ccccc21. The fourth-order valence-electron chi connectivity index (χ4n) is 15.8. The number of benzene rings is 14. The molecule has 4 heterocycles. The maximum Gasteiger partial charge on any atom is 0.258 e. The van der Waals surface area contributed by atoms with Gasteiger partial charge < -0.3 is 34.6 Å². The van der Waals surface area contributed by atoms with Crippen LogP contribution in [0.15, 0.2) is 334 Å². The number of halogens is 4. The maximum absolute atomic E-state index is 13.7. The van der Waals surface area contributed by atoms with Gasteiger partial charge in [0.15, 0.2) is 0 Å². The van der Waals surface area contributed by atoms with Crippen molar-refractivity contribution in [2.75, 3.05) is 41.8 Å². The Kier molecular flexibility index (Phi) is 22.6. The predicted molar refractivity (Wildman–Crippen MR) is 449 cm³/mol. The largest absolute Gasteiger partial charge is 0.497 e. The highest BCUT2D eigenvalue weighted by atomic mass is 35.5. The second-order valence-electron chi connectivity index (χ2n) is 27.3. The third kappa shape index (κ3) is 15.5. The summed E-state index contributed by atoms with van der Waals surface area (Å²) >= 11 is 25.8. The molecule has 544 valence electrons. The van der Waals surface area contributed by atoms with Gasteiger partial charge in [-0.3, -0.25) is 9.59 Å². The molecule has 2 N–H and O–H groups in total. The number of carbonyl (C=O) groups excluding carboxylic acids is 2. The predicted octanol–water partition coefficient (Wildman–Crippen LogP) is 24.3. The highest BCUT2D eigenvalue weighted by Gasteiger charge is 2.35. The topological polar surface area (TPSA) is 92.4 Å². The van der Waals surface area contributed by atoms with E-state index in [0.29, 0.717) is 35.0 Å². The van der Waals surface area contributed by atoms with Crippen molar-refractivity contribution >= 4 is 81.0 Å². The van der Waals surface area contributed by atoms with E-state index in [1.54, 1.807) is 27.4 Å². The summed E-state index contributed by atoms with van der Waals surface area (Å²) in [5, 5.41) is 9.95. The van der Waals surface area contributed by atoms with Gasteiger partial charge in [-0.1, -0.05) is 271 Å². The van der Waals surface area contributed by atoms with Gasteiger partial charge in [0.25, 0.3) is 11.8 Å². The van der Waals surface area contributed by atoms with Crippen molar-refractivity contribution in [1.29, 1.82) is 0 Å². The zero-order valence-corrected chi connectivity index (χ0v) is 63.9. The lowest BCUT2D eigenvalue weighted by atomic mass is 9.82. The molecule has 4 aliphatic rings. The van der Waals surface area contributed by atoms with Crippen LogP contribution < -0.4 is 34.6 Å². The molecular formula is C97H78Cl4N4O5. The molecule has 14 aromatic rings. The van der Waals surface area contributed by atoms with Gasteiger partial charge in [0.05, 0.1) is 34.4 Å². The highest BCUT2D eigenvalue weighted by Crippen LogP contribution is 2.50. The third-order valence-electron chi connectivity index (χ3n) is 20.9. The first kappa shape index (κ1) is 73.7. The fraction of sp³-hybridized carbons (Fsp3) is 0.113. The molecule has 13 heteroatoms. The number of hydrogen-bond donors (Lipinski definition) is 2. The molecule has 4 atom stereocenters. The smallest absolute Gasteiger partial charge is 0.258 e. The van der Waals surface area contributed by atoms with Gasteiger partial charge in [-0.2, -0.15) is 0 Å². The first-order valence-corrected chi connectivity index (χ1v) is 38.1. The summed E-state index contributed by atoms with van der Waals surface area (Å²) in [7, 11) is 5.01. The van der Waals surface area contributed by atoms with Crippen molar-refractivity contribution in [3.05, 3.63) is 454 Å². The second-order valence-corrected chi connectivity index (χ2v) is 28.9. The Morgan fingerprint density at radius 3 is 1.25 bits per heavy atom. The first-order valence-electron chi connectivity index (χ1n) is 36.6. The number of rotatable bonds is 9. The lowest BCUT2D eigenvalue weighted by molar-refractivity contribution is 0.0977. The van der Waals surface area contributed by atoms with E-state index in [2.05, 4.69) is 168 Å². The van der Waals surface area contributed by atoms with E-state index in [4.69, 9.17) is 60.6 Å². The number of anilines is 4. The van der Waals surface area contributed by atoms with Gasteiger partial charge in [-0.15, -0.1) is 0 Å². The Bertz CT molecular complexity index is 5640. The van der Waals surface area contributed by atoms with Gasteiger partial charge in [-0.05, 0) is 193 Å². The van der Waals surface area contributed by atoms with E-state index in [0.717, 1.165) is 107 Å². The molecule has 0 bridgehead atoms. The standard InChI is InChI=1S/C28H23NO2.C27H21NO.2C21H17Cl2NO/c1-31-23-14-9-13-21(18-23)28(30)29-19-22-12-5-6-15-24(22)27(20-10-3-2-4-11-20)25-16-7-8-17-26(25)29;29-27(21-13-5-2-6-14-21)28-19-22-15-7-8-16-23(22)26(20-11-3-1-4-12-20)24-17-9-10-18-25(24)28;1-25-19-8-4-5-13-12-24-18-10-9-14(22)11-16(18)21(20(13)19)15-6-2-3-7-17(15)23;1-25-15-7-8-16-13(10-15)12-24-20-9-6-14(22)11-18(20)21(16)17-4-2-3-5-19(17)23/h2-18,27H,19H2,1H3;1-18,26H,19H2;2*2-11,21,24H,12H2,1H3. The lowest BCUT2D eigenvalue weighted by Gasteiger charge is -2.25. The van der Waals surface area contributed by atoms with Crippen molar-refractivity contribution < 1.29 is 23.8 Å². The maximum atomic E-state index is 13.7. The lowest BCUT2D eigenvalue weighted by Crippen LogP contribution is -2.30. The van der Waals surface area contributed by atoms with Crippen molar-refractivity contribution in [3.8, 4) is 17.2 Å². The number of hydrogen-bond acceptors (Lipinski definition) is 7. The number of amides is 2. The number of nitrogens with one attached hydrogen (secondary N) is 2. The third-order valence-corrected chi connectivity index (χ3v) is 22.1. The minimum atomic E-state index is -0.0523. The molecular weight excluding hydrogens is 1440 g/mol. The Morgan fingerprint density at radius 2 is 0.727 bits per heavy atom. The van der Waals surface area contributed by atoms with Crippen molar-refractivity contribution in [3.63, 3.8) is 0 Å². The van der Waals surface area contributed by atoms with Crippen LogP contribution in [0.1, 0.15) is 133 Å². The minimum Gasteiger partial charge on any atom is -0.497 e. The number of ether oxygens (including phenoxy) is 3. The summed E-state index contributed by atoms with van der Waals surface area (Å²) in [6.07, 6.45) is 0. The van der Waals surface area contributed by atoms with Gasteiger partial charge >= 0.3 is 0 Å². The van der Waals surface area contributed by atoms with Gasteiger partial charge in [0, 0.05) is 96.3 Å². The second kappa shape index (κ2) is 33.8. The summed E-state index contributed by atoms with van der Waals surface area (Å²) in [5.74, 6) is 2.50. The number of methoxy groups -OCH3 is 3. The molecule has 0 aromatic heterocycles. The van der Waals surface area contributed by atoms with E-state index < -0.39 is 0 Å². The average Bonchev–Trinajstić information content (AvgIpc) is 1.52. The Hall–Kier alpha value is -11.8. The molecule has 110 heavy (non-hydrogen) atoms. The van der Waals surface area contributed by atoms with Gasteiger partial charge in [0.1, 0.15) is 17.2 Å². The number of fused-ring (bicyclic) bond motifs is 8. The van der Waals surface area contributed by atoms with Crippen molar-refractivity contribution in [2.24, 2.45) is 0 Å². The summed E-state index contributed by atoms with van der Waals surface area (Å²) in [6, 6.07) is 112. The fourth-order valence-corrected chi connectivity index (χ4v) is 16.6. The molecule has 0 radical (unpaired) electrons. The van der Waals surface area contributed by atoms with E-state index in [1.165, 1.54) is 44.5 Å². The zero-order valence-electron chi connectivity index (χ0n) is 60.8. The Labute approximate surface area is 662 Å². The van der Waals surface area contributed by atoms with Crippen LogP contribution in [0.25, 0.3) is 0 Å². The van der Waals surface area contributed by atoms with E-state index in [1.807, 2.05) is 180 Å². The zero-order chi connectivity index (χ0) is 75.6. The summed E-state index contributed by atoms with van der Waals surface area (Å²) < 4.78 is 16.5. The first-order chi connectivity index (χ1) is 53.9. The molecule has 9 nitrogen and oxygen atoms in total. The molecule has 2 amide bonds. The highest BCUT2D eigenvalue weighted by molar-refractivity contribution is 6.32. The van der Waals surface area contributed by atoms with Crippen LogP contribution in [0.3, 0.4) is 0 Å². The Balaban J connectivity index is 0.000000117. The molecule has 0 spiro atoms. The van der Waals surface area contributed by atoms with Crippen LogP contribution in [-0.2, 0) is 26.2 Å². The van der Waals surface area contributed by atoms with Crippen LogP contribution in [0.5, 0.6) is 17.2 Å². The monoisotopic (exact) mass is 1520 g/mol. The molecule has 0 saturated carbocycles. The number of nitrogens with zero attached hydrogens (tertiary/aromatic N) is 2. The average molecular weight is 1520 g/mol. The summed E-state index contributed by atoms with van der Waals surface area (Å²) in [5.41, 5.74) is 24.0. The molecule has 14 aromatic carbocycles. The van der Waals surface area contributed by atoms with Gasteiger partial charge in [0.2, 0.25) is 0 Å². The van der Waals surface area contributed by atoms with E-state index >= 15 is 0 Å². The molecule has 0 fully saturated rings. The van der Waals surface area contributed by atoms with Crippen molar-refractivity contribution in [2.45, 2.75) is 49.9 Å².